The van der Waals surface area contributed by atoms with Crippen molar-refractivity contribution in [3.8, 4) is 22.8 Å². The number of halogens is 3. The van der Waals surface area contributed by atoms with Crippen LogP contribution in [0.5, 0.6) is 0 Å². The molecule has 34 heavy (non-hydrogen) atoms. The summed E-state index contributed by atoms with van der Waals surface area (Å²) in [4.78, 5) is 16.0. The van der Waals surface area contributed by atoms with Crippen LogP contribution >= 0.6 is 0 Å². The summed E-state index contributed by atoms with van der Waals surface area (Å²) in [6.45, 7) is 5.27. The van der Waals surface area contributed by atoms with Crippen molar-refractivity contribution in [3.63, 3.8) is 0 Å². The van der Waals surface area contributed by atoms with Crippen LogP contribution in [0.25, 0.3) is 22.8 Å². The lowest BCUT2D eigenvalue weighted by molar-refractivity contribution is 0.0999. The molecule has 2 N–H and O–H groups in total. The normalized spacial score (nSPS) is 11.6. The van der Waals surface area contributed by atoms with Gasteiger partial charge in [-0.15, -0.1) is 0 Å². The average Bonchev–Trinajstić information content (AvgIpc) is 3.43. The van der Waals surface area contributed by atoms with Crippen LogP contribution in [0.4, 0.5) is 13.2 Å². The number of aromatic nitrogens is 4. The molecule has 8 nitrogen and oxygen atoms in total. The number of primary amides is 1. The van der Waals surface area contributed by atoms with Gasteiger partial charge in [0.2, 0.25) is 18.7 Å². The lowest BCUT2D eigenvalue weighted by atomic mass is 10.0. The van der Waals surface area contributed by atoms with Crippen LogP contribution in [0.3, 0.4) is 0 Å². The Morgan fingerprint density at radius 2 is 2.03 bits per heavy atom. The van der Waals surface area contributed by atoms with Crippen molar-refractivity contribution < 1.29 is 27.2 Å². The van der Waals surface area contributed by atoms with Crippen LogP contribution in [0.2, 0.25) is 0 Å². The van der Waals surface area contributed by atoms with E-state index < -0.39 is 18.7 Å². The average molecular weight is 475 g/mol. The lowest BCUT2D eigenvalue weighted by Gasteiger charge is -2.07. The van der Waals surface area contributed by atoms with Gasteiger partial charge in [0.1, 0.15) is 12.4 Å². The second kappa shape index (κ2) is 12.2. The predicted molar refractivity (Wildman–Crippen MR) is 120 cm³/mol. The maximum atomic E-state index is 13.2. The van der Waals surface area contributed by atoms with E-state index in [1.54, 1.807) is 50.0 Å². The summed E-state index contributed by atoms with van der Waals surface area (Å²) in [6.07, 6.45) is 5.47. The Bertz CT molecular complexity index is 1210. The molecular weight excluding hydrogens is 451 g/mol. The van der Waals surface area contributed by atoms with Crippen molar-refractivity contribution in [3.05, 3.63) is 77.6 Å². The fourth-order valence-electron chi connectivity index (χ4n) is 2.78. The van der Waals surface area contributed by atoms with Crippen molar-refractivity contribution >= 4 is 5.91 Å². The van der Waals surface area contributed by atoms with Crippen LogP contribution < -0.4 is 5.73 Å². The number of benzene rings is 1. The summed E-state index contributed by atoms with van der Waals surface area (Å²) in [5.74, 6) is 0.0876. The molecule has 3 rings (SSSR count). The quantitative estimate of drug-likeness (QED) is 0.367. The highest BCUT2D eigenvalue weighted by Gasteiger charge is 2.19. The van der Waals surface area contributed by atoms with Gasteiger partial charge in [-0.2, -0.15) is 10.1 Å². The minimum atomic E-state index is -1.75. The fourth-order valence-corrected chi connectivity index (χ4v) is 2.78. The Labute approximate surface area is 194 Å². The highest BCUT2D eigenvalue weighted by molar-refractivity contribution is 5.95. The largest absolute Gasteiger partial charge is 0.492 e. The standard InChI is InChI=1S/C22H22FN5O3.CH2F2/c1-5-16(23)9-7-14(3)30-12-19-18(11-25-28(19)4)22-26-21(27-31-22)15-8-6-13(2)17(10-15)20(24)29;2-1-3/h5-11H,1,12H2,2-4H3,(H2,24,29);1H2/b14-7+,16-9+;. The van der Waals surface area contributed by atoms with Gasteiger partial charge in [-0.3, -0.25) is 9.48 Å². The third-order valence-corrected chi connectivity index (χ3v) is 4.59. The topological polar surface area (TPSA) is 109 Å². The molecule has 0 saturated heterocycles. The zero-order valence-electron chi connectivity index (χ0n) is 18.9. The molecular formula is C23H24F3N5O3. The number of ether oxygens (including phenoxy) is 1. The first-order chi connectivity index (χ1) is 16.2. The molecule has 2 aromatic heterocycles. The number of nitrogens with two attached hydrogens (primary N) is 1. The highest BCUT2D eigenvalue weighted by Crippen LogP contribution is 2.27. The minimum Gasteiger partial charge on any atom is -0.492 e. The molecule has 0 atom stereocenters. The van der Waals surface area contributed by atoms with Crippen LogP contribution in [0.1, 0.15) is 28.5 Å². The maximum Gasteiger partial charge on any atom is 0.261 e. The molecule has 11 heteroatoms. The van der Waals surface area contributed by atoms with Gasteiger partial charge in [0.25, 0.3) is 5.89 Å². The zero-order valence-corrected chi connectivity index (χ0v) is 18.9. The number of aryl methyl sites for hydroxylation is 2. The molecule has 2 heterocycles. The molecule has 0 unspecified atom stereocenters. The molecule has 0 spiro atoms. The number of allylic oxidation sites excluding steroid dienone is 5. The van der Waals surface area contributed by atoms with E-state index in [-0.39, 0.29) is 12.5 Å². The van der Waals surface area contributed by atoms with Gasteiger partial charge in [0.05, 0.1) is 23.2 Å². The number of alkyl halides is 2. The second-order valence-electron chi connectivity index (χ2n) is 6.87. The molecule has 0 fully saturated rings. The molecule has 0 aliphatic rings. The van der Waals surface area contributed by atoms with Crippen LogP contribution in [0.15, 0.2) is 65.3 Å². The molecule has 3 aromatic rings. The Balaban J connectivity index is 0.00000129. The summed E-state index contributed by atoms with van der Waals surface area (Å²) in [7, 11) is 1.76. The Morgan fingerprint density at radius 1 is 1.32 bits per heavy atom. The fraction of sp³-hybridized carbons (Fsp3) is 0.217. The van der Waals surface area contributed by atoms with Crippen LogP contribution in [-0.4, -0.2) is 32.8 Å². The molecule has 1 amide bonds. The Morgan fingerprint density at radius 3 is 2.68 bits per heavy atom. The second-order valence-corrected chi connectivity index (χ2v) is 6.87. The number of amides is 1. The number of carbonyl (C=O) groups is 1. The van der Waals surface area contributed by atoms with E-state index in [0.29, 0.717) is 34.0 Å². The van der Waals surface area contributed by atoms with Gasteiger partial charge in [-0.1, -0.05) is 23.9 Å². The van der Waals surface area contributed by atoms with Gasteiger partial charge < -0.3 is 15.0 Å². The first kappa shape index (κ1) is 26.1. The van der Waals surface area contributed by atoms with E-state index in [4.69, 9.17) is 15.0 Å². The number of rotatable bonds is 8. The molecule has 0 aliphatic heterocycles. The Hall–Kier alpha value is -4.15. The van der Waals surface area contributed by atoms with Crippen LogP contribution in [-0.2, 0) is 18.4 Å². The van der Waals surface area contributed by atoms with Crippen molar-refractivity contribution in [1.82, 2.24) is 19.9 Å². The highest BCUT2D eigenvalue weighted by atomic mass is 19.3. The molecule has 0 bridgehead atoms. The van der Waals surface area contributed by atoms with Crippen LogP contribution in [0, 0.1) is 6.92 Å². The van der Waals surface area contributed by atoms with E-state index in [9.17, 15) is 18.0 Å². The van der Waals surface area contributed by atoms with E-state index in [0.717, 1.165) is 11.6 Å². The molecule has 180 valence electrons. The van der Waals surface area contributed by atoms with Gasteiger partial charge in [0, 0.05) is 18.2 Å². The van der Waals surface area contributed by atoms with Crippen molar-refractivity contribution in [2.24, 2.45) is 12.8 Å². The van der Waals surface area contributed by atoms with E-state index in [1.807, 2.05) is 0 Å². The van der Waals surface area contributed by atoms with Crippen molar-refractivity contribution in [1.29, 1.82) is 0 Å². The zero-order chi connectivity index (χ0) is 25.3. The maximum absolute atomic E-state index is 13.2. The van der Waals surface area contributed by atoms with Crippen molar-refractivity contribution in [2.75, 3.05) is 6.93 Å². The minimum absolute atomic E-state index is 0.159. The van der Waals surface area contributed by atoms with Gasteiger partial charge in [0.15, 0.2) is 0 Å². The van der Waals surface area contributed by atoms with Gasteiger partial charge >= 0.3 is 0 Å². The third kappa shape index (κ3) is 6.67. The first-order valence-electron chi connectivity index (χ1n) is 9.88. The summed E-state index contributed by atoms with van der Waals surface area (Å²) in [5, 5.41) is 8.24. The van der Waals surface area contributed by atoms with E-state index in [2.05, 4.69) is 21.8 Å². The summed E-state index contributed by atoms with van der Waals surface area (Å²) >= 11 is 0. The van der Waals surface area contributed by atoms with Crippen molar-refractivity contribution in [2.45, 2.75) is 20.5 Å². The smallest absolute Gasteiger partial charge is 0.261 e. The van der Waals surface area contributed by atoms with Gasteiger partial charge in [-0.05, 0) is 43.7 Å². The lowest BCUT2D eigenvalue weighted by Crippen LogP contribution is -2.12. The number of hydrogen-bond donors (Lipinski definition) is 1. The summed E-state index contributed by atoms with van der Waals surface area (Å²) < 4.78 is 45.1. The molecule has 0 saturated carbocycles. The summed E-state index contributed by atoms with van der Waals surface area (Å²) in [6, 6.07) is 5.19. The monoisotopic (exact) mass is 475 g/mol. The van der Waals surface area contributed by atoms with E-state index in [1.165, 1.54) is 12.2 Å². The SMILES string of the molecule is C=C/C(F)=C\C=C(/C)OCc1c(-c2nc(-c3ccc(C)c(C(N)=O)c3)no2)cnn1C.FCF. The number of nitrogens with zero attached hydrogens (tertiary/aromatic N) is 4. The Kier molecular flexibility index (Phi) is 9.36. The summed E-state index contributed by atoms with van der Waals surface area (Å²) in [5.41, 5.74) is 8.47. The molecule has 0 aliphatic carbocycles. The van der Waals surface area contributed by atoms with Gasteiger partial charge in [-0.25, -0.2) is 13.2 Å². The third-order valence-electron chi connectivity index (χ3n) is 4.59. The molecule has 0 radical (unpaired) electrons. The number of carbonyl (C=O) groups excluding carboxylic acids is 1. The molecule has 1 aromatic carbocycles. The predicted octanol–water partition coefficient (Wildman–Crippen LogP) is 4.89. The van der Waals surface area contributed by atoms with E-state index >= 15 is 0 Å². The first-order valence-corrected chi connectivity index (χ1v) is 9.88. The number of hydrogen-bond acceptors (Lipinski definition) is 6.